The summed E-state index contributed by atoms with van der Waals surface area (Å²) in [5.41, 5.74) is -0.730. The summed E-state index contributed by atoms with van der Waals surface area (Å²) in [6.45, 7) is -0.347. The first-order valence-corrected chi connectivity index (χ1v) is 9.75. The molecule has 4 saturated carbocycles. The topological polar surface area (TPSA) is 78.9 Å². The average molecular weight is 486 g/mol. The van der Waals surface area contributed by atoms with Gasteiger partial charge in [-0.3, -0.25) is 9.59 Å². The molecule has 26 heavy (non-hydrogen) atoms. The predicted octanol–water partition coefficient (Wildman–Crippen LogP) is 3.49. The number of ketones is 1. The Bertz CT molecular complexity index is 587. The van der Waals surface area contributed by atoms with Gasteiger partial charge in [-0.25, -0.2) is 4.79 Å². The second-order valence-electron chi connectivity index (χ2n) is 7.72. The van der Waals surface area contributed by atoms with E-state index >= 15 is 0 Å². The van der Waals surface area contributed by atoms with Crippen LogP contribution in [0.15, 0.2) is 0 Å². The maximum absolute atomic E-state index is 13.0. The van der Waals surface area contributed by atoms with E-state index in [1.807, 2.05) is 0 Å². The third kappa shape index (κ3) is 4.35. The lowest BCUT2D eigenvalue weighted by molar-refractivity contribution is -0.241. The van der Waals surface area contributed by atoms with Crippen molar-refractivity contribution in [1.82, 2.24) is 0 Å². The van der Waals surface area contributed by atoms with Gasteiger partial charge in [0.05, 0.1) is 34.6 Å². The molecule has 4 rings (SSSR count). The number of hydrogen-bond donors (Lipinski definition) is 0. The third-order valence-corrected chi connectivity index (χ3v) is 5.92. The molecule has 0 N–H and O–H groups in total. The highest BCUT2D eigenvalue weighted by molar-refractivity contribution is 14.1. The highest BCUT2D eigenvalue weighted by Gasteiger charge is 2.59. The van der Waals surface area contributed by atoms with Crippen LogP contribution in [0.5, 0.6) is 0 Å². The van der Waals surface area contributed by atoms with E-state index in [0.29, 0.717) is 32.1 Å². The monoisotopic (exact) mass is 486 g/mol. The van der Waals surface area contributed by atoms with Gasteiger partial charge in [-0.15, -0.1) is 0 Å². The van der Waals surface area contributed by atoms with E-state index in [4.69, 9.17) is 9.47 Å². The highest BCUT2D eigenvalue weighted by atomic mass is 127. The normalized spacial score (nSPS) is 33.8. The molecule has 0 amide bonds. The lowest BCUT2D eigenvalue weighted by atomic mass is 9.49. The molecule has 0 aromatic rings. The van der Waals surface area contributed by atoms with E-state index in [2.05, 4.69) is 4.74 Å². The molecule has 4 bridgehead atoms. The number of carbonyl (C=O) groups excluding carboxylic acids is 3. The zero-order valence-electron chi connectivity index (χ0n) is 14.3. The largest absolute Gasteiger partial charge is 0.456 e. The summed E-state index contributed by atoms with van der Waals surface area (Å²) in [6, 6.07) is 0. The van der Waals surface area contributed by atoms with Gasteiger partial charge in [-0.05, 0) is 38.0 Å². The molecule has 3 unspecified atom stereocenters. The van der Waals surface area contributed by atoms with Gasteiger partial charge in [0.25, 0.3) is 0 Å². The van der Waals surface area contributed by atoms with Crippen LogP contribution in [0.3, 0.4) is 0 Å². The van der Waals surface area contributed by atoms with Gasteiger partial charge in [-0.2, -0.15) is 8.78 Å². The van der Waals surface area contributed by atoms with E-state index in [1.165, 1.54) is 22.6 Å². The molecule has 0 radical (unpaired) electrons. The quantitative estimate of drug-likeness (QED) is 0.312. The van der Waals surface area contributed by atoms with E-state index in [-0.39, 0.29) is 24.2 Å². The standard InChI is InChI=1S/C17H21F2IO6/c1-16(18,19)25-8-12(7-24-15(20)23)26-14(22)17-4-9-2-10(5-17)13(21)11(3-9)6-17/h9-12H,2-8H2,1H3. The molecule has 0 heterocycles. The second-order valence-corrected chi connectivity index (χ2v) is 8.60. The molecule has 146 valence electrons. The first kappa shape index (κ1) is 19.9. The van der Waals surface area contributed by atoms with E-state index in [0.717, 1.165) is 12.8 Å². The van der Waals surface area contributed by atoms with Crippen LogP contribution in [-0.4, -0.2) is 41.2 Å². The van der Waals surface area contributed by atoms with Crippen LogP contribution in [-0.2, 0) is 23.8 Å². The Hall–Kier alpha value is -0.840. The number of ether oxygens (including phenoxy) is 3. The van der Waals surface area contributed by atoms with Crippen LogP contribution in [0.2, 0.25) is 0 Å². The van der Waals surface area contributed by atoms with Crippen molar-refractivity contribution in [2.24, 2.45) is 23.2 Å². The van der Waals surface area contributed by atoms with Crippen molar-refractivity contribution in [3.8, 4) is 0 Å². The molecule has 0 spiro atoms. The fourth-order valence-corrected chi connectivity index (χ4v) is 4.97. The van der Waals surface area contributed by atoms with Gasteiger partial charge < -0.3 is 14.2 Å². The molecule has 6 nitrogen and oxygen atoms in total. The van der Waals surface area contributed by atoms with Gasteiger partial charge >= 0.3 is 16.1 Å². The number of rotatable bonds is 7. The minimum atomic E-state index is -3.38. The van der Waals surface area contributed by atoms with Crippen LogP contribution in [0.1, 0.15) is 39.0 Å². The summed E-state index contributed by atoms with van der Waals surface area (Å²) in [5, 5.41) is 0. The summed E-state index contributed by atoms with van der Waals surface area (Å²) in [4.78, 5) is 36.1. The lowest BCUT2D eigenvalue weighted by Gasteiger charge is -2.54. The molecule has 3 atom stereocenters. The molecule has 0 saturated heterocycles. The van der Waals surface area contributed by atoms with E-state index in [1.54, 1.807) is 0 Å². The number of esters is 1. The Kier molecular flexibility index (Phi) is 5.58. The summed E-state index contributed by atoms with van der Waals surface area (Å²) in [6.07, 6.45) is -1.27. The van der Waals surface area contributed by atoms with Crippen molar-refractivity contribution >= 4 is 38.3 Å². The zero-order chi connectivity index (χ0) is 19.1. The predicted molar refractivity (Wildman–Crippen MR) is 92.8 cm³/mol. The summed E-state index contributed by atoms with van der Waals surface area (Å²) in [5.74, 6) is -0.124. The fourth-order valence-electron chi connectivity index (χ4n) is 4.79. The first-order chi connectivity index (χ1) is 12.1. The van der Waals surface area contributed by atoms with Gasteiger partial charge in [-0.1, -0.05) is 0 Å². The smallest absolute Gasteiger partial charge is 0.367 e. The molecule has 4 aliphatic rings. The molecule has 0 aromatic heterocycles. The van der Waals surface area contributed by atoms with Gasteiger partial charge in [0.15, 0.2) is 6.10 Å². The molecule has 4 fully saturated rings. The van der Waals surface area contributed by atoms with Crippen LogP contribution in [0, 0.1) is 23.2 Å². The van der Waals surface area contributed by atoms with Crippen LogP contribution in [0.4, 0.5) is 13.6 Å². The van der Waals surface area contributed by atoms with E-state index < -0.39 is 34.2 Å². The molecule has 9 heteroatoms. The van der Waals surface area contributed by atoms with Crippen LogP contribution < -0.4 is 0 Å². The Morgan fingerprint density at radius 3 is 2.38 bits per heavy atom. The summed E-state index contributed by atoms with van der Waals surface area (Å²) >= 11 is 1.40. The number of halogens is 3. The third-order valence-electron chi connectivity index (χ3n) is 5.61. The fraction of sp³-hybridized carbons (Fsp3) is 0.824. The maximum Gasteiger partial charge on any atom is 0.367 e. The van der Waals surface area contributed by atoms with Crippen LogP contribution in [0.25, 0.3) is 0 Å². The van der Waals surface area contributed by atoms with Crippen molar-refractivity contribution in [2.45, 2.75) is 51.2 Å². The first-order valence-electron chi connectivity index (χ1n) is 8.67. The minimum Gasteiger partial charge on any atom is -0.456 e. The number of alkyl halides is 2. The molecule has 4 aliphatic carbocycles. The summed E-state index contributed by atoms with van der Waals surface area (Å²) < 4.78 is 39.9. The highest BCUT2D eigenvalue weighted by Crippen LogP contribution is 2.59. The summed E-state index contributed by atoms with van der Waals surface area (Å²) in [7, 11) is 0. The minimum absolute atomic E-state index is 0.101. The molecule has 0 aromatic carbocycles. The van der Waals surface area contributed by atoms with Gasteiger partial charge in [0.1, 0.15) is 12.4 Å². The second kappa shape index (κ2) is 7.29. The molecular formula is C17H21F2IO6. The van der Waals surface area contributed by atoms with Crippen molar-refractivity contribution < 1.29 is 37.4 Å². The SMILES string of the molecule is CC(F)(F)OCC(COC(=O)I)OC(=O)C12CC3CC(C1)C(=O)C(C3)C2. The molecule has 0 aliphatic heterocycles. The van der Waals surface area contributed by atoms with E-state index in [9.17, 15) is 23.2 Å². The number of carbonyl (C=O) groups is 3. The van der Waals surface area contributed by atoms with Crippen molar-refractivity contribution in [3.05, 3.63) is 0 Å². The number of hydrogen-bond acceptors (Lipinski definition) is 6. The Morgan fingerprint density at radius 2 is 1.85 bits per heavy atom. The number of Topliss-reactive ketones (excluding diaryl/α,β-unsaturated/α-hetero) is 1. The van der Waals surface area contributed by atoms with Gasteiger partial charge in [0, 0.05) is 18.8 Å². The lowest BCUT2D eigenvalue weighted by Crippen LogP contribution is -2.55. The Morgan fingerprint density at radius 1 is 1.23 bits per heavy atom. The van der Waals surface area contributed by atoms with Crippen molar-refractivity contribution in [2.75, 3.05) is 13.2 Å². The maximum atomic E-state index is 13.0. The Balaban J connectivity index is 1.66. The Labute approximate surface area is 163 Å². The molecular weight excluding hydrogens is 465 g/mol. The van der Waals surface area contributed by atoms with Crippen LogP contribution >= 0.6 is 22.6 Å². The van der Waals surface area contributed by atoms with Crippen molar-refractivity contribution in [3.63, 3.8) is 0 Å². The average Bonchev–Trinajstić information content (AvgIpc) is 2.53. The van der Waals surface area contributed by atoms with Gasteiger partial charge in [0.2, 0.25) is 0 Å². The zero-order valence-corrected chi connectivity index (χ0v) is 16.5. The van der Waals surface area contributed by atoms with Crippen molar-refractivity contribution in [1.29, 1.82) is 0 Å².